The zero-order valence-corrected chi connectivity index (χ0v) is 19.3. The molecule has 0 N–H and O–H groups in total. The van der Waals surface area contributed by atoms with E-state index in [-0.39, 0.29) is 24.9 Å². The molecule has 32 heavy (non-hydrogen) atoms. The van der Waals surface area contributed by atoms with Crippen molar-refractivity contribution in [1.82, 2.24) is 0 Å². The maximum atomic E-state index is 13.2. The number of hydrogen-bond donors (Lipinski definition) is 0. The van der Waals surface area contributed by atoms with Gasteiger partial charge in [-0.2, -0.15) is 0 Å². The molecule has 0 spiro atoms. The van der Waals surface area contributed by atoms with E-state index in [1.807, 2.05) is 95.3 Å². The molecule has 3 rings (SSSR count). The number of carbonyl (C=O) groups excluding carboxylic acids is 2. The first-order chi connectivity index (χ1) is 15.2. The van der Waals surface area contributed by atoms with Crippen LogP contribution in [0.25, 0.3) is 0 Å². The van der Waals surface area contributed by atoms with E-state index < -0.39 is 17.4 Å². The van der Waals surface area contributed by atoms with Crippen LogP contribution < -0.4 is 0 Å². The lowest BCUT2D eigenvalue weighted by Gasteiger charge is -2.17. The van der Waals surface area contributed by atoms with Crippen LogP contribution >= 0.6 is 0 Å². The predicted octanol–water partition coefficient (Wildman–Crippen LogP) is 6.41. The summed E-state index contributed by atoms with van der Waals surface area (Å²) in [6, 6.07) is 18.9. The Balaban J connectivity index is 1.93. The minimum Gasteiger partial charge on any atom is -0.457 e. The van der Waals surface area contributed by atoms with E-state index in [0.717, 1.165) is 11.1 Å². The second-order valence-electron chi connectivity index (χ2n) is 9.08. The third-order valence-corrected chi connectivity index (χ3v) is 5.02. The van der Waals surface area contributed by atoms with Gasteiger partial charge in [-0.05, 0) is 17.0 Å². The molecule has 0 unspecified atom stereocenters. The molecule has 0 bridgehead atoms. The Morgan fingerprint density at radius 2 is 1.28 bits per heavy atom. The van der Waals surface area contributed by atoms with Crippen molar-refractivity contribution in [2.24, 2.45) is 0 Å². The summed E-state index contributed by atoms with van der Waals surface area (Å²) in [5.41, 5.74) is 2.08. The molecule has 0 aliphatic rings. The number of rotatable bonds is 7. The lowest BCUT2D eigenvalue weighted by atomic mass is 9.87. The number of hydrogen-bond acceptors (Lipinski definition) is 5. The third-order valence-electron chi connectivity index (χ3n) is 5.02. The van der Waals surface area contributed by atoms with Crippen LogP contribution in [0.15, 0.2) is 65.1 Å². The lowest BCUT2D eigenvalue weighted by Crippen LogP contribution is -2.18. The lowest BCUT2D eigenvalue weighted by molar-refractivity contribution is 0.0427. The summed E-state index contributed by atoms with van der Waals surface area (Å²) in [7, 11) is 0. The molecular formula is C27H30O5. The second-order valence-corrected chi connectivity index (χ2v) is 9.08. The first-order valence-electron chi connectivity index (χ1n) is 10.8. The number of furan rings is 1. The van der Waals surface area contributed by atoms with Crippen LogP contribution in [0.3, 0.4) is 0 Å². The van der Waals surface area contributed by atoms with Gasteiger partial charge in [0, 0.05) is 11.0 Å². The number of benzene rings is 2. The van der Waals surface area contributed by atoms with Crippen LogP contribution in [-0.4, -0.2) is 11.9 Å². The summed E-state index contributed by atoms with van der Waals surface area (Å²) < 4.78 is 17.1. The van der Waals surface area contributed by atoms with Crippen LogP contribution in [-0.2, 0) is 28.1 Å². The van der Waals surface area contributed by atoms with Gasteiger partial charge in [-0.15, -0.1) is 0 Å². The van der Waals surface area contributed by atoms with Crippen LogP contribution in [0, 0.1) is 0 Å². The van der Waals surface area contributed by atoms with E-state index in [9.17, 15) is 9.59 Å². The van der Waals surface area contributed by atoms with Gasteiger partial charge in [0.2, 0.25) is 5.76 Å². The highest BCUT2D eigenvalue weighted by Crippen LogP contribution is 2.37. The molecule has 0 atom stereocenters. The van der Waals surface area contributed by atoms with E-state index in [0.29, 0.717) is 16.9 Å². The normalized spacial score (nSPS) is 11.4. The summed E-state index contributed by atoms with van der Waals surface area (Å²) in [6.07, 6.45) is 0. The Morgan fingerprint density at radius 3 is 1.72 bits per heavy atom. The monoisotopic (exact) mass is 434 g/mol. The largest absolute Gasteiger partial charge is 0.457 e. The zero-order valence-electron chi connectivity index (χ0n) is 19.3. The van der Waals surface area contributed by atoms with Crippen molar-refractivity contribution in [3.8, 4) is 0 Å². The van der Waals surface area contributed by atoms with E-state index in [2.05, 4.69) is 0 Å². The SMILES string of the molecule is CC(C)c1c(C(=O)OCc2ccccc2)oc(C(C)(C)C)c1C(=O)OCc1ccccc1. The van der Waals surface area contributed by atoms with Gasteiger partial charge in [-0.3, -0.25) is 0 Å². The van der Waals surface area contributed by atoms with Gasteiger partial charge < -0.3 is 13.9 Å². The molecule has 0 amide bonds. The maximum Gasteiger partial charge on any atom is 0.374 e. The van der Waals surface area contributed by atoms with Gasteiger partial charge in [0.1, 0.15) is 24.5 Å². The quantitative estimate of drug-likeness (QED) is 0.402. The van der Waals surface area contributed by atoms with Crippen molar-refractivity contribution in [2.45, 2.75) is 59.2 Å². The van der Waals surface area contributed by atoms with E-state index >= 15 is 0 Å². The summed E-state index contributed by atoms with van der Waals surface area (Å²) in [6.45, 7) is 9.89. The molecule has 5 heteroatoms. The molecule has 5 nitrogen and oxygen atoms in total. The third kappa shape index (κ3) is 5.47. The highest BCUT2D eigenvalue weighted by molar-refractivity contribution is 5.98. The van der Waals surface area contributed by atoms with Crippen LogP contribution in [0.1, 0.15) is 83.9 Å². The van der Waals surface area contributed by atoms with Crippen LogP contribution in [0.2, 0.25) is 0 Å². The van der Waals surface area contributed by atoms with Gasteiger partial charge in [-0.1, -0.05) is 95.3 Å². The Labute approximate surface area is 189 Å². The molecule has 0 saturated heterocycles. The number of ether oxygens (including phenoxy) is 2. The fraction of sp³-hybridized carbons (Fsp3) is 0.333. The second kappa shape index (κ2) is 9.86. The Morgan fingerprint density at radius 1 is 0.812 bits per heavy atom. The van der Waals surface area contributed by atoms with Crippen molar-refractivity contribution < 1.29 is 23.5 Å². The topological polar surface area (TPSA) is 65.7 Å². The van der Waals surface area contributed by atoms with Crippen molar-refractivity contribution in [2.75, 3.05) is 0 Å². The highest BCUT2D eigenvalue weighted by Gasteiger charge is 2.36. The number of esters is 2. The van der Waals surface area contributed by atoms with E-state index in [4.69, 9.17) is 13.9 Å². The van der Waals surface area contributed by atoms with Gasteiger partial charge in [0.15, 0.2) is 0 Å². The van der Waals surface area contributed by atoms with Crippen molar-refractivity contribution in [3.63, 3.8) is 0 Å². The summed E-state index contributed by atoms with van der Waals surface area (Å²) >= 11 is 0. The first-order valence-corrected chi connectivity index (χ1v) is 10.8. The molecular weight excluding hydrogens is 404 g/mol. The maximum absolute atomic E-state index is 13.2. The number of carbonyl (C=O) groups is 2. The average Bonchev–Trinajstić information content (AvgIpc) is 3.19. The van der Waals surface area contributed by atoms with Gasteiger partial charge >= 0.3 is 11.9 Å². The molecule has 1 aromatic heterocycles. The summed E-state index contributed by atoms with van der Waals surface area (Å²) in [5.74, 6) is -0.759. The minimum absolute atomic E-state index is 0.0625. The van der Waals surface area contributed by atoms with Crippen LogP contribution in [0.4, 0.5) is 0 Å². The van der Waals surface area contributed by atoms with Crippen molar-refractivity contribution in [1.29, 1.82) is 0 Å². The summed E-state index contributed by atoms with van der Waals surface area (Å²) in [5, 5.41) is 0. The van der Waals surface area contributed by atoms with Crippen LogP contribution in [0.5, 0.6) is 0 Å². The summed E-state index contributed by atoms with van der Waals surface area (Å²) in [4.78, 5) is 26.2. The smallest absolute Gasteiger partial charge is 0.374 e. The highest BCUT2D eigenvalue weighted by atomic mass is 16.5. The van der Waals surface area contributed by atoms with Gasteiger partial charge in [-0.25, -0.2) is 9.59 Å². The zero-order chi connectivity index (χ0) is 23.3. The fourth-order valence-corrected chi connectivity index (χ4v) is 3.46. The van der Waals surface area contributed by atoms with Gasteiger partial charge in [0.05, 0.1) is 0 Å². The Bertz CT molecular complexity index is 1060. The van der Waals surface area contributed by atoms with Gasteiger partial charge in [0.25, 0.3) is 0 Å². The van der Waals surface area contributed by atoms with Crippen molar-refractivity contribution in [3.05, 3.63) is 94.4 Å². The Kier molecular flexibility index (Phi) is 7.18. The van der Waals surface area contributed by atoms with E-state index in [1.165, 1.54) is 0 Å². The average molecular weight is 435 g/mol. The minimum atomic E-state index is -0.592. The first kappa shape index (κ1) is 23.3. The molecule has 0 radical (unpaired) electrons. The van der Waals surface area contributed by atoms with E-state index in [1.54, 1.807) is 0 Å². The molecule has 3 aromatic rings. The predicted molar refractivity (Wildman–Crippen MR) is 123 cm³/mol. The molecule has 168 valence electrons. The molecule has 0 saturated carbocycles. The molecule has 0 aliphatic heterocycles. The molecule has 2 aromatic carbocycles. The fourth-order valence-electron chi connectivity index (χ4n) is 3.46. The molecule has 0 aliphatic carbocycles. The van der Waals surface area contributed by atoms with Crippen molar-refractivity contribution >= 4 is 11.9 Å². The molecule has 0 fully saturated rings. The standard InChI is InChI=1S/C27H30O5/c1-18(2)21-22(25(28)30-16-19-12-8-6-9-13-19)24(27(3,4)5)32-23(21)26(29)31-17-20-14-10-7-11-15-20/h6-15,18H,16-17H2,1-5H3. The molecule has 1 heterocycles. The Hall–Kier alpha value is -3.34.